The van der Waals surface area contributed by atoms with E-state index in [0.717, 1.165) is 48.1 Å². The van der Waals surface area contributed by atoms with Crippen molar-refractivity contribution < 1.29 is 5.11 Å². The molecule has 1 aliphatic carbocycles. The van der Waals surface area contributed by atoms with Gasteiger partial charge in [0.05, 0.1) is 22.4 Å². The van der Waals surface area contributed by atoms with Gasteiger partial charge in [0.2, 0.25) is 0 Å². The lowest BCUT2D eigenvalue weighted by molar-refractivity contribution is -0.0152. The van der Waals surface area contributed by atoms with E-state index in [0.29, 0.717) is 5.39 Å². The van der Waals surface area contributed by atoms with Crippen molar-refractivity contribution in [1.82, 2.24) is 9.78 Å². The highest BCUT2D eigenvalue weighted by molar-refractivity contribution is 7.13. The maximum absolute atomic E-state index is 12.9. The number of aliphatic hydroxyl groups is 1. The molecule has 0 saturated heterocycles. The predicted molar refractivity (Wildman–Crippen MR) is 97.4 cm³/mol. The van der Waals surface area contributed by atoms with E-state index >= 15 is 0 Å². The van der Waals surface area contributed by atoms with Crippen molar-refractivity contribution in [1.29, 1.82) is 0 Å². The van der Waals surface area contributed by atoms with Gasteiger partial charge in [-0.1, -0.05) is 43.5 Å². The molecule has 24 heavy (non-hydrogen) atoms. The summed E-state index contributed by atoms with van der Waals surface area (Å²) in [5, 5.41) is 19.0. The van der Waals surface area contributed by atoms with Gasteiger partial charge < -0.3 is 5.11 Å². The Kier molecular flexibility index (Phi) is 3.98. The summed E-state index contributed by atoms with van der Waals surface area (Å²) in [5.41, 5.74) is -0.117. The van der Waals surface area contributed by atoms with Crippen LogP contribution in [0.4, 0.5) is 0 Å². The highest BCUT2D eigenvalue weighted by Crippen LogP contribution is 2.31. The van der Waals surface area contributed by atoms with Crippen LogP contribution in [0.1, 0.15) is 32.1 Å². The van der Waals surface area contributed by atoms with E-state index in [1.807, 2.05) is 41.8 Å². The van der Waals surface area contributed by atoms with Crippen LogP contribution in [0.2, 0.25) is 0 Å². The molecule has 0 spiro atoms. The zero-order valence-corrected chi connectivity index (χ0v) is 14.3. The third-order valence-electron chi connectivity index (χ3n) is 4.85. The molecule has 0 radical (unpaired) electrons. The van der Waals surface area contributed by atoms with Crippen LogP contribution in [-0.4, -0.2) is 20.5 Å². The van der Waals surface area contributed by atoms with Crippen molar-refractivity contribution >= 4 is 22.1 Å². The predicted octanol–water partition coefficient (Wildman–Crippen LogP) is 3.82. The monoisotopic (exact) mass is 340 g/mol. The molecule has 5 heteroatoms. The highest BCUT2D eigenvalue weighted by atomic mass is 32.1. The number of hydrogen-bond acceptors (Lipinski definition) is 4. The third kappa shape index (κ3) is 2.78. The summed E-state index contributed by atoms with van der Waals surface area (Å²) in [4.78, 5) is 13.9. The van der Waals surface area contributed by atoms with Gasteiger partial charge in [0.25, 0.3) is 5.56 Å². The zero-order valence-electron chi connectivity index (χ0n) is 13.4. The van der Waals surface area contributed by atoms with E-state index in [4.69, 9.17) is 0 Å². The first-order valence-electron chi connectivity index (χ1n) is 8.42. The van der Waals surface area contributed by atoms with Crippen LogP contribution in [0.15, 0.2) is 46.6 Å². The van der Waals surface area contributed by atoms with Crippen molar-refractivity contribution in [2.45, 2.75) is 44.2 Å². The molecule has 0 bridgehead atoms. The standard InChI is InChI=1S/C19H20N2O2S/c22-18-15-8-3-2-7-14(15)17(16-9-6-12-24-16)20-21(18)13-19(23)10-4-1-5-11-19/h2-3,6-9,12,23H,1,4-5,10-11,13H2. The van der Waals surface area contributed by atoms with Crippen molar-refractivity contribution in [3.8, 4) is 10.6 Å². The Balaban J connectivity index is 1.87. The average molecular weight is 340 g/mol. The number of fused-ring (bicyclic) bond motifs is 1. The Hall–Kier alpha value is -1.98. The summed E-state index contributed by atoms with van der Waals surface area (Å²) in [5.74, 6) is 0. The van der Waals surface area contributed by atoms with Crippen LogP contribution in [0.3, 0.4) is 0 Å². The molecule has 0 atom stereocenters. The smallest absolute Gasteiger partial charge is 0.274 e. The summed E-state index contributed by atoms with van der Waals surface area (Å²) in [6.45, 7) is 0.273. The molecule has 1 saturated carbocycles. The Morgan fingerprint density at radius 1 is 1.08 bits per heavy atom. The fourth-order valence-corrected chi connectivity index (χ4v) is 4.31. The highest BCUT2D eigenvalue weighted by Gasteiger charge is 2.31. The fraction of sp³-hybridized carbons (Fsp3) is 0.368. The van der Waals surface area contributed by atoms with Crippen molar-refractivity contribution in [3.63, 3.8) is 0 Å². The van der Waals surface area contributed by atoms with E-state index in [1.54, 1.807) is 11.3 Å². The molecular formula is C19H20N2O2S. The topological polar surface area (TPSA) is 55.1 Å². The van der Waals surface area contributed by atoms with E-state index in [2.05, 4.69) is 5.10 Å². The zero-order chi connectivity index (χ0) is 16.6. The Morgan fingerprint density at radius 2 is 1.83 bits per heavy atom. The van der Waals surface area contributed by atoms with Crippen molar-refractivity contribution in [2.24, 2.45) is 0 Å². The van der Waals surface area contributed by atoms with Gasteiger partial charge in [-0.25, -0.2) is 4.68 Å². The van der Waals surface area contributed by atoms with Crippen LogP contribution in [0, 0.1) is 0 Å². The minimum absolute atomic E-state index is 0.120. The first kappa shape index (κ1) is 15.5. The quantitative estimate of drug-likeness (QED) is 0.788. The van der Waals surface area contributed by atoms with Gasteiger partial charge in [-0.3, -0.25) is 4.79 Å². The molecule has 0 amide bonds. The van der Waals surface area contributed by atoms with Gasteiger partial charge >= 0.3 is 0 Å². The van der Waals surface area contributed by atoms with E-state index < -0.39 is 5.60 Å². The van der Waals surface area contributed by atoms with Crippen LogP contribution >= 0.6 is 11.3 Å². The lowest BCUT2D eigenvalue weighted by atomic mass is 9.85. The third-order valence-corrected chi connectivity index (χ3v) is 5.73. The number of rotatable bonds is 3. The molecule has 0 unspecified atom stereocenters. The molecule has 4 rings (SSSR count). The lowest BCUT2D eigenvalue weighted by Crippen LogP contribution is -2.40. The number of benzene rings is 1. The largest absolute Gasteiger partial charge is 0.388 e. The van der Waals surface area contributed by atoms with E-state index in [-0.39, 0.29) is 12.1 Å². The summed E-state index contributed by atoms with van der Waals surface area (Å²) in [7, 11) is 0. The van der Waals surface area contributed by atoms with Crippen molar-refractivity contribution in [3.05, 3.63) is 52.1 Å². The molecule has 3 aromatic rings. The van der Waals surface area contributed by atoms with E-state index in [1.165, 1.54) is 4.68 Å². The molecule has 2 heterocycles. The SMILES string of the molecule is O=c1c2ccccc2c(-c2cccs2)nn1CC1(O)CCCCC1. The van der Waals surface area contributed by atoms with Crippen LogP contribution in [0.25, 0.3) is 21.3 Å². The molecule has 124 valence electrons. The first-order chi connectivity index (χ1) is 11.7. The lowest BCUT2D eigenvalue weighted by Gasteiger charge is -2.32. The van der Waals surface area contributed by atoms with Crippen LogP contribution in [0.5, 0.6) is 0 Å². The molecule has 1 aromatic carbocycles. The maximum Gasteiger partial charge on any atom is 0.274 e. The van der Waals surface area contributed by atoms with Gasteiger partial charge in [0, 0.05) is 5.39 Å². The second kappa shape index (κ2) is 6.15. The summed E-state index contributed by atoms with van der Waals surface area (Å²) >= 11 is 1.61. The second-order valence-corrected chi connectivity index (χ2v) is 7.57. The van der Waals surface area contributed by atoms with Crippen LogP contribution in [-0.2, 0) is 6.54 Å². The Bertz CT molecular complexity index is 909. The Labute approximate surface area is 144 Å². The average Bonchev–Trinajstić information content (AvgIpc) is 3.12. The minimum atomic E-state index is -0.815. The van der Waals surface area contributed by atoms with Gasteiger partial charge in [-0.15, -0.1) is 11.3 Å². The molecule has 4 nitrogen and oxygen atoms in total. The van der Waals surface area contributed by atoms with Gasteiger partial charge in [-0.2, -0.15) is 5.10 Å². The number of thiophene rings is 1. The minimum Gasteiger partial charge on any atom is -0.388 e. The maximum atomic E-state index is 12.9. The van der Waals surface area contributed by atoms with Gasteiger partial charge in [-0.05, 0) is 30.4 Å². The molecular weight excluding hydrogens is 320 g/mol. The number of hydrogen-bond donors (Lipinski definition) is 1. The van der Waals surface area contributed by atoms with E-state index in [9.17, 15) is 9.90 Å². The van der Waals surface area contributed by atoms with Gasteiger partial charge in [0.1, 0.15) is 5.69 Å². The normalized spacial score (nSPS) is 17.2. The number of nitrogens with zero attached hydrogens (tertiary/aromatic N) is 2. The fourth-order valence-electron chi connectivity index (χ4n) is 3.58. The van der Waals surface area contributed by atoms with Gasteiger partial charge in [0.15, 0.2) is 0 Å². The second-order valence-electron chi connectivity index (χ2n) is 6.62. The molecule has 1 aliphatic rings. The molecule has 2 aromatic heterocycles. The Morgan fingerprint density at radius 3 is 2.54 bits per heavy atom. The number of aromatic nitrogens is 2. The van der Waals surface area contributed by atoms with Crippen LogP contribution < -0.4 is 5.56 Å². The first-order valence-corrected chi connectivity index (χ1v) is 9.30. The molecule has 1 fully saturated rings. The summed E-state index contributed by atoms with van der Waals surface area (Å²) < 4.78 is 1.47. The summed E-state index contributed by atoms with van der Waals surface area (Å²) in [6.07, 6.45) is 4.65. The summed E-state index contributed by atoms with van der Waals surface area (Å²) in [6, 6.07) is 11.6. The molecule has 1 N–H and O–H groups in total. The van der Waals surface area contributed by atoms with Crippen molar-refractivity contribution in [2.75, 3.05) is 0 Å². The molecule has 0 aliphatic heterocycles.